The molecule has 1 aromatic rings. The fraction of sp³-hybridized carbons (Fsp3) is 0.600. The number of ether oxygens (including phenoxy) is 1. The molecule has 88 valence electrons. The van der Waals surface area contributed by atoms with Crippen molar-refractivity contribution in [2.75, 3.05) is 6.61 Å². The number of hydrogen-bond acceptors (Lipinski definition) is 5. The van der Waals surface area contributed by atoms with E-state index in [0.717, 1.165) is 5.69 Å². The Morgan fingerprint density at radius 1 is 1.56 bits per heavy atom. The molecule has 0 amide bonds. The minimum Gasteiger partial charge on any atom is -0.458 e. The molecular formula is C10H15N3O3. The first-order valence-electron chi connectivity index (χ1n) is 5.11. The highest BCUT2D eigenvalue weighted by molar-refractivity contribution is 5.85. The second-order valence-corrected chi connectivity index (χ2v) is 3.50. The third-order valence-corrected chi connectivity index (χ3v) is 2.15. The smallest absolute Gasteiger partial charge is 0.305 e. The van der Waals surface area contributed by atoms with Crippen molar-refractivity contribution >= 4 is 11.8 Å². The van der Waals surface area contributed by atoms with Crippen LogP contribution in [-0.4, -0.2) is 33.4 Å². The summed E-state index contributed by atoms with van der Waals surface area (Å²) in [5, 5.41) is 7.57. The highest BCUT2D eigenvalue weighted by atomic mass is 16.5. The minimum absolute atomic E-state index is 0.202. The first kappa shape index (κ1) is 12.4. The Kier molecular flexibility index (Phi) is 4.16. The fourth-order valence-electron chi connectivity index (χ4n) is 1.08. The fourth-order valence-corrected chi connectivity index (χ4v) is 1.08. The average Bonchev–Trinajstić information content (AvgIpc) is 2.71. The lowest BCUT2D eigenvalue weighted by Crippen LogP contribution is -2.23. The van der Waals surface area contributed by atoms with Crippen molar-refractivity contribution < 1.29 is 14.3 Å². The Morgan fingerprint density at radius 3 is 2.75 bits per heavy atom. The van der Waals surface area contributed by atoms with Gasteiger partial charge in [-0.15, -0.1) is 5.10 Å². The molecule has 6 heteroatoms. The lowest BCUT2D eigenvalue weighted by molar-refractivity contribution is -0.148. The molecule has 1 atom stereocenters. The molecule has 0 fully saturated rings. The quantitative estimate of drug-likeness (QED) is 0.688. The van der Waals surface area contributed by atoms with E-state index in [9.17, 15) is 9.59 Å². The lowest BCUT2D eigenvalue weighted by Gasteiger charge is -2.09. The first-order chi connectivity index (χ1) is 7.54. The van der Waals surface area contributed by atoms with Crippen molar-refractivity contribution in [2.24, 2.45) is 0 Å². The Balaban J connectivity index is 2.51. The molecule has 1 aromatic heterocycles. The predicted molar refractivity (Wildman–Crippen MR) is 55.7 cm³/mol. The summed E-state index contributed by atoms with van der Waals surface area (Å²) in [6.07, 6.45) is 1.94. The summed E-state index contributed by atoms with van der Waals surface area (Å²) in [7, 11) is 0. The van der Waals surface area contributed by atoms with Gasteiger partial charge in [0.15, 0.2) is 12.4 Å². The summed E-state index contributed by atoms with van der Waals surface area (Å²) in [5.41, 5.74) is 0.741. The van der Waals surface area contributed by atoms with Gasteiger partial charge in [-0.2, -0.15) is 0 Å². The molecular weight excluding hydrogens is 210 g/mol. The predicted octanol–water partition coefficient (Wildman–Crippen LogP) is 0.670. The molecule has 0 N–H and O–H groups in total. The molecule has 0 aliphatic rings. The minimum atomic E-state index is -0.467. The van der Waals surface area contributed by atoms with Crippen molar-refractivity contribution in [3.8, 4) is 0 Å². The molecule has 0 spiro atoms. The zero-order valence-electron chi connectivity index (χ0n) is 9.64. The number of nitrogens with zero attached hydrogens (tertiary/aromatic N) is 3. The Labute approximate surface area is 93.6 Å². The van der Waals surface area contributed by atoms with Gasteiger partial charge in [-0.05, 0) is 13.8 Å². The lowest BCUT2D eigenvalue weighted by atomic mass is 10.2. The number of carbonyl (C=O) groups excluding carboxylic acids is 2. The highest BCUT2D eigenvalue weighted by Gasteiger charge is 2.17. The Bertz CT molecular complexity index is 386. The summed E-state index contributed by atoms with van der Waals surface area (Å²) in [6.45, 7) is 4.94. The van der Waals surface area contributed by atoms with Crippen LogP contribution < -0.4 is 0 Å². The van der Waals surface area contributed by atoms with Crippen LogP contribution >= 0.6 is 0 Å². The van der Waals surface area contributed by atoms with Crippen molar-refractivity contribution in [3.05, 3.63) is 11.9 Å². The number of ketones is 1. The van der Waals surface area contributed by atoms with E-state index in [1.54, 1.807) is 27.0 Å². The van der Waals surface area contributed by atoms with Gasteiger partial charge in [0.05, 0.1) is 5.69 Å². The van der Waals surface area contributed by atoms with Crippen LogP contribution in [-0.2, 0) is 14.3 Å². The van der Waals surface area contributed by atoms with Gasteiger partial charge in [0.25, 0.3) is 0 Å². The average molecular weight is 225 g/mol. The number of rotatable bonds is 5. The molecule has 1 heterocycles. The van der Waals surface area contributed by atoms with E-state index in [1.165, 1.54) is 4.68 Å². The highest BCUT2D eigenvalue weighted by Crippen LogP contribution is 2.06. The van der Waals surface area contributed by atoms with Gasteiger partial charge in [-0.3, -0.25) is 9.59 Å². The first-order valence-corrected chi connectivity index (χ1v) is 5.11. The van der Waals surface area contributed by atoms with Gasteiger partial charge in [0.1, 0.15) is 6.04 Å². The summed E-state index contributed by atoms with van der Waals surface area (Å²) in [5.74, 6) is -0.581. The molecule has 16 heavy (non-hydrogen) atoms. The number of aromatic nitrogens is 3. The van der Waals surface area contributed by atoms with Gasteiger partial charge >= 0.3 is 5.97 Å². The molecule has 0 saturated carbocycles. The molecule has 0 aliphatic heterocycles. The van der Waals surface area contributed by atoms with E-state index >= 15 is 0 Å². The monoisotopic (exact) mass is 225 g/mol. The second-order valence-electron chi connectivity index (χ2n) is 3.50. The Hall–Kier alpha value is -1.72. The molecule has 0 radical (unpaired) electrons. The molecule has 0 saturated heterocycles. The van der Waals surface area contributed by atoms with Crippen LogP contribution in [0.25, 0.3) is 0 Å². The van der Waals surface area contributed by atoms with E-state index in [-0.39, 0.29) is 24.8 Å². The molecule has 0 aromatic carbocycles. The summed E-state index contributed by atoms with van der Waals surface area (Å²) < 4.78 is 6.21. The van der Waals surface area contributed by atoms with Crippen LogP contribution in [0.2, 0.25) is 0 Å². The Morgan fingerprint density at radius 2 is 2.25 bits per heavy atom. The number of hydrogen-bond donors (Lipinski definition) is 0. The zero-order valence-corrected chi connectivity index (χ0v) is 9.64. The topological polar surface area (TPSA) is 74.1 Å². The normalized spacial score (nSPS) is 12.2. The maximum atomic E-state index is 11.6. The number of Topliss-reactive ketones (excluding diaryl/α,β-unsaturated/α-hetero) is 1. The van der Waals surface area contributed by atoms with Gasteiger partial charge < -0.3 is 4.74 Å². The SMILES string of the molecule is CCC(=O)OCC(=O)C(C)n1cc(C)nn1. The van der Waals surface area contributed by atoms with Crippen LogP contribution in [0.3, 0.4) is 0 Å². The van der Waals surface area contributed by atoms with Crippen molar-refractivity contribution in [1.82, 2.24) is 15.0 Å². The van der Waals surface area contributed by atoms with Crippen molar-refractivity contribution in [1.29, 1.82) is 0 Å². The van der Waals surface area contributed by atoms with Gasteiger partial charge in [0.2, 0.25) is 0 Å². The van der Waals surface area contributed by atoms with E-state index in [0.29, 0.717) is 0 Å². The van der Waals surface area contributed by atoms with Crippen LogP contribution in [0.1, 0.15) is 32.0 Å². The van der Waals surface area contributed by atoms with E-state index in [4.69, 9.17) is 4.74 Å². The molecule has 1 unspecified atom stereocenters. The molecule has 0 aliphatic carbocycles. The van der Waals surface area contributed by atoms with Gasteiger partial charge in [0, 0.05) is 12.6 Å². The largest absolute Gasteiger partial charge is 0.458 e. The van der Waals surface area contributed by atoms with Gasteiger partial charge in [-0.25, -0.2) is 4.68 Å². The van der Waals surface area contributed by atoms with E-state index in [1.807, 2.05) is 0 Å². The third-order valence-electron chi connectivity index (χ3n) is 2.15. The van der Waals surface area contributed by atoms with Crippen molar-refractivity contribution in [3.63, 3.8) is 0 Å². The maximum Gasteiger partial charge on any atom is 0.305 e. The van der Waals surface area contributed by atoms with E-state index < -0.39 is 6.04 Å². The van der Waals surface area contributed by atoms with Crippen LogP contribution in [0.15, 0.2) is 6.20 Å². The summed E-state index contributed by atoms with van der Waals surface area (Å²) in [6, 6.07) is -0.467. The van der Waals surface area contributed by atoms with Crippen LogP contribution in [0, 0.1) is 6.92 Å². The summed E-state index contributed by atoms with van der Waals surface area (Å²) >= 11 is 0. The standard InChI is InChI=1S/C10H15N3O3/c1-4-10(15)16-6-9(14)8(3)13-5-7(2)11-12-13/h5,8H,4,6H2,1-3H3. The van der Waals surface area contributed by atoms with Crippen LogP contribution in [0.5, 0.6) is 0 Å². The number of aryl methyl sites for hydroxylation is 1. The molecule has 0 bridgehead atoms. The second kappa shape index (κ2) is 5.39. The molecule has 1 rings (SSSR count). The van der Waals surface area contributed by atoms with Gasteiger partial charge in [-0.1, -0.05) is 12.1 Å². The van der Waals surface area contributed by atoms with Crippen molar-refractivity contribution in [2.45, 2.75) is 33.2 Å². The summed E-state index contributed by atoms with van der Waals surface area (Å²) in [4.78, 5) is 22.5. The molecule has 6 nitrogen and oxygen atoms in total. The third kappa shape index (κ3) is 3.15. The maximum absolute atomic E-state index is 11.6. The number of carbonyl (C=O) groups is 2. The number of esters is 1. The van der Waals surface area contributed by atoms with Crippen LogP contribution in [0.4, 0.5) is 0 Å². The van der Waals surface area contributed by atoms with E-state index in [2.05, 4.69) is 10.3 Å². The zero-order chi connectivity index (χ0) is 12.1.